The summed E-state index contributed by atoms with van der Waals surface area (Å²) in [5, 5.41) is 14.1. The summed E-state index contributed by atoms with van der Waals surface area (Å²) in [4.78, 5) is 33.8. The lowest BCUT2D eigenvalue weighted by molar-refractivity contribution is -0.133. The summed E-state index contributed by atoms with van der Waals surface area (Å²) in [5.74, 6) is -0.196. The van der Waals surface area contributed by atoms with Crippen molar-refractivity contribution in [2.45, 2.75) is 45.2 Å². The molecule has 5 rings (SSSR count). The molecule has 36 heavy (non-hydrogen) atoms. The van der Waals surface area contributed by atoms with Crippen LogP contribution in [0.2, 0.25) is 5.02 Å². The summed E-state index contributed by atoms with van der Waals surface area (Å²) < 4.78 is 14.3. The van der Waals surface area contributed by atoms with E-state index in [4.69, 9.17) is 11.6 Å². The van der Waals surface area contributed by atoms with Crippen molar-refractivity contribution in [3.63, 3.8) is 0 Å². The van der Waals surface area contributed by atoms with Crippen LogP contribution in [0.25, 0.3) is 10.9 Å². The maximum absolute atomic E-state index is 14.3. The number of fused-ring (bicyclic) bond motifs is 4. The molecule has 2 aromatic carbocycles. The molecule has 190 valence electrons. The number of urea groups is 1. The molecule has 1 aromatic heterocycles. The summed E-state index contributed by atoms with van der Waals surface area (Å²) >= 11 is 6.12. The Morgan fingerprint density at radius 3 is 2.78 bits per heavy atom. The predicted molar refractivity (Wildman–Crippen MR) is 137 cm³/mol. The highest BCUT2D eigenvalue weighted by Crippen LogP contribution is 2.47. The summed E-state index contributed by atoms with van der Waals surface area (Å²) in [6.45, 7) is 7.59. The Morgan fingerprint density at radius 2 is 2.06 bits per heavy atom. The van der Waals surface area contributed by atoms with Crippen LogP contribution in [0.3, 0.4) is 0 Å². The van der Waals surface area contributed by atoms with Crippen LogP contribution in [0.1, 0.15) is 43.6 Å². The molecule has 2 atom stereocenters. The number of H-pyrrole nitrogens is 1. The number of nitrogens with one attached hydrogen (secondary N) is 2. The highest BCUT2D eigenvalue weighted by Gasteiger charge is 2.59. The zero-order valence-electron chi connectivity index (χ0n) is 20.6. The molecule has 3 N–H and O–H groups in total. The second-order valence-electron chi connectivity index (χ2n) is 10.4. The van der Waals surface area contributed by atoms with E-state index >= 15 is 0 Å². The van der Waals surface area contributed by atoms with Gasteiger partial charge in [-0.3, -0.25) is 9.69 Å². The van der Waals surface area contributed by atoms with E-state index in [0.717, 1.165) is 28.8 Å². The number of carbonyl (C=O) groups is 2. The number of hydrogen-bond donors (Lipinski definition) is 3. The predicted octanol–water partition coefficient (Wildman–Crippen LogP) is 4.77. The fourth-order valence-electron chi connectivity index (χ4n) is 5.55. The fourth-order valence-corrected chi connectivity index (χ4v) is 5.72. The zero-order chi connectivity index (χ0) is 25.8. The van der Waals surface area contributed by atoms with Crippen molar-refractivity contribution < 1.29 is 19.1 Å². The summed E-state index contributed by atoms with van der Waals surface area (Å²) in [6.07, 6.45) is 0.666. The summed E-state index contributed by atoms with van der Waals surface area (Å²) in [5.41, 5.74) is 1.90. The number of rotatable bonds is 7. The average Bonchev–Trinajstić information content (AvgIpc) is 3.23. The minimum absolute atomic E-state index is 0.00749. The third kappa shape index (κ3) is 4.02. The summed E-state index contributed by atoms with van der Waals surface area (Å²) in [6, 6.07) is 8.95. The topological polar surface area (TPSA) is 88.7 Å². The van der Waals surface area contributed by atoms with Crippen molar-refractivity contribution in [1.82, 2.24) is 20.1 Å². The number of phenolic OH excluding ortho intramolecular Hbond substituents is 1. The average molecular weight is 513 g/mol. The van der Waals surface area contributed by atoms with Crippen LogP contribution < -0.4 is 5.32 Å². The standard InChI is InChI=1S/C27H30ClFN4O3/c1-15(2)14-30-7-8-32-25(35)27(3)13-19-18-11-20(28)21(29)12-22(18)31-24(19)23(33(27)26(32)36)10-16-5-4-6-17(34)9-16/h4-6,9,11-12,15,23,30-31,34H,7-8,10,13-14H2,1-3H3/t23?,27-/m0/s1. The molecule has 3 amide bonds. The maximum Gasteiger partial charge on any atom is 0.328 e. The number of nitrogens with zero attached hydrogens (tertiary/aromatic N) is 2. The third-order valence-corrected chi connectivity index (χ3v) is 7.51. The molecule has 2 aliphatic rings. The van der Waals surface area contributed by atoms with E-state index < -0.39 is 17.4 Å². The van der Waals surface area contributed by atoms with Gasteiger partial charge in [0.25, 0.3) is 5.91 Å². The Bertz CT molecular complexity index is 1360. The molecule has 0 radical (unpaired) electrons. The number of halogens is 2. The van der Waals surface area contributed by atoms with E-state index in [1.165, 1.54) is 11.0 Å². The van der Waals surface area contributed by atoms with Crippen molar-refractivity contribution in [3.8, 4) is 5.75 Å². The number of aromatic nitrogens is 1. The number of imide groups is 1. The van der Waals surface area contributed by atoms with Crippen LogP contribution in [0.5, 0.6) is 5.75 Å². The van der Waals surface area contributed by atoms with Gasteiger partial charge in [0.2, 0.25) is 0 Å². The molecule has 1 saturated heterocycles. The van der Waals surface area contributed by atoms with E-state index in [9.17, 15) is 19.1 Å². The van der Waals surface area contributed by atoms with Gasteiger partial charge in [-0.25, -0.2) is 9.18 Å². The molecule has 0 spiro atoms. The fraction of sp³-hybridized carbons (Fsp3) is 0.407. The third-order valence-electron chi connectivity index (χ3n) is 7.22. The molecule has 0 saturated carbocycles. The highest BCUT2D eigenvalue weighted by molar-refractivity contribution is 6.31. The van der Waals surface area contributed by atoms with E-state index in [0.29, 0.717) is 30.8 Å². The van der Waals surface area contributed by atoms with E-state index in [-0.39, 0.29) is 29.3 Å². The van der Waals surface area contributed by atoms with Crippen LogP contribution in [-0.2, 0) is 17.6 Å². The van der Waals surface area contributed by atoms with Gasteiger partial charge in [-0.2, -0.15) is 0 Å². The first-order valence-electron chi connectivity index (χ1n) is 12.2. The Kier molecular flexibility index (Phi) is 6.21. The highest BCUT2D eigenvalue weighted by atomic mass is 35.5. The Labute approximate surface area is 214 Å². The van der Waals surface area contributed by atoms with E-state index in [1.54, 1.807) is 36.1 Å². The first kappa shape index (κ1) is 24.6. The number of amides is 3. The van der Waals surface area contributed by atoms with Crippen molar-refractivity contribution in [1.29, 1.82) is 0 Å². The van der Waals surface area contributed by atoms with Crippen LogP contribution in [-0.4, -0.2) is 57.0 Å². The van der Waals surface area contributed by atoms with Gasteiger partial charge in [-0.15, -0.1) is 0 Å². The zero-order valence-corrected chi connectivity index (χ0v) is 21.3. The lowest BCUT2D eigenvalue weighted by atomic mass is 9.81. The normalized spacial score (nSPS) is 21.6. The van der Waals surface area contributed by atoms with Gasteiger partial charge in [-0.1, -0.05) is 37.6 Å². The van der Waals surface area contributed by atoms with Gasteiger partial charge in [-0.05, 0) is 61.2 Å². The van der Waals surface area contributed by atoms with Gasteiger partial charge in [0.15, 0.2) is 0 Å². The number of aromatic amines is 1. The van der Waals surface area contributed by atoms with Crippen LogP contribution in [0.4, 0.5) is 9.18 Å². The van der Waals surface area contributed by atoms with Crippen LogP contribution in [0.15, 0.2) is 36.4 Å². The van der Waals surface area contributed by atoms with Crippen LogP contribution in [0, 0.1) is 11.7 Å². The Morgan fingerprint density at radius 1 is 1.28 bits per heavy atom. The molecule has 2 aliphatic heterocycles. The van der Waals surface area contributed by atoms with Crippen molar-refractivity contribution in [3.05, 3.63) is 64.1 Å². The second-order valence-corrected chi connectivity index (χ2v) is 10.8. The van der Waals surface area contributed by atoms with E-state index in [2.05, 4.69) is 24.1 Å². The molecule has 0 bridgehead atoms. The largest absolute Gasteiger partial charge is 0.508 e. The first-order chi connectivity index (χ1) is 17.1. The van der Waals surface area contributed by atoms with Crippen molar-refractivity contribution in [2.24, 2.45) is 5.92 Å². The Balaban J connectivity index is 1.58. The minimum atomic E-state index is -1.10. The van der Waals surface area contributed by atoms with Gasteiger partial charge in [0, 0.05) is 36.1 Å². The number of carbonyl (C=O) groups excluding carboxylic acids is 2. The molecular formula is C27H30ClFN4O3. The lowest BCUT2D eigenvalue weighted by Crippen LogP contribution is -2.53. The molecule has 9 heteroatoms. The summed E-state index contributed by atoms with van der Waals surface area (Å²) in [7, 11) is 0. The molecule has 1 unspecified atom stereocenters. The van der Waals surface area contributed by atoms with Gasteiger partial charge in [0.05, 0.1) is 11.1 Å². The number of hydrogen-bond acceptors (Lipinski definition) is 4. The van der Waals surface area contributed by atoms with Crippen molar-refractivity contribution >= 4 is 34.4 Å². The minimum Gasteiger partial charge on any atom is -0.508 e. The van der Waals surface area contributed by atoms with Gasteiger partial charge >= 0.3 is 6.03 Å². The molecular weight excluding hydrogens is 483 g/mol. The monoisotopic (exact) mass is 512 g/mol. The molecule has 0 aliphatic carbocycles. The maximum atomic E-state index is 14.3. The molecule has 3 heterocycles. The van der Waals surface area contributed by atoms with E-state index in [1.807, 2.05) is 6.07 Å². The molecule has 7 nitrogen and oxygen atoms in total. The second kappa shape index (κ2) is 9.09. The quantitative estimate of drug-likeness (QED) is 0.314. The molecule has 3 aromatic rings. The molecule has 1 fully saturated rings. The van der Waals surface area contributed by atoms with Gasteiger partial charge < -0.3 is 20.3 Å². The smallest absolute Gasteiger partial charge is 0.328 e. The first-order valence-corrected chi connectivity index (χ1v) is 12.6. The van der Waals surface area contributed by atoms with Crippen molar-refractivity contribution in [2.75, 3.05) is 19.6 Å². The SMILES string of the molecule is CC(C)CNCCN1C(=O)N2C(Cc3cccc(O)c3)c3[nH]c4cc(F)c(Cl)cc4c3C[C@@]2(C)C1=O. The Hall–Kier alpha value is -3.10. The van der Waals surface area contributed by atoms with Crippen LogP contribution >= 0.6 is 11.6 Å². The number of aromatic hydroxyl groups is 1. The number of benzene rings is 2. The van der Waals surface area contributed by atoms with Gasteiger partial charge in [0.1, 0.15) is 17.1 Å². The lowest BCUT2D eigenvalue weighted by Gasteiger charge is -2.42. The number of phenols is 1.